The highest BCUT2D eigenvalue weighted by Crippen LogP contribution is 2.37. The van der Waals surface area contributed by atoms with E-state index in [1.54, 1.807) is 0 Å². The molecule has 4 nitrogen and oxygen atoms in total. The first-order chi connectivity index (χ1) is 11.7. The van der Waals surface area contributed by atoms with Crippen molar-refractivity contribution in [3.8, 4) is 17.2 Å². The van der Waals surface area contributed by atoms with Gasteiger partial charge in [0, 0.05) is 18.5 Å². The summed E-state index contributed by atoms with van der Waals surface area (Å²) in [5.74, 6) is 2.27. The smallest absolute Gasteiger partial charge is 0.231 e. The fourth-order valence-electron chi connectivity index (χ4n) is 3.41. The highest BCUT2D eigenvalue weighted by atomic mass is 35.5. The molecule has 134 valence electrons. The highest BCUT2D eigenvalue weighted by molar-refractivity contribution is 5.85. The molecular weight excluding hydrogens is 345 g/mol. The lowest BCUT2D eigenvalue weighted by Gasteiger charge is -2.37. The van der Waals surface area contributed by atoms with Crippen LogP contribution in [0.5, 0.6) is 17.2 Å². The first-order valence-corrected chi connectivity index (χ1v) is 8.19. The van der Waals surface area contributed by atoms with Crippen LogP contribution in [0, 0.1) is 5.82 Å². The molecule has 4 rings (SSSR count). The average Bonchev–Trinajstić information content (AvgIpc) is 3.04. The number of hydrogen-bond donors (Lipinski definition) is 0. The topological polar surface area (TPSA) is 30.9 Å². The van der Waals surface area contributed by atoms with Crippen molar-refractivity contribution >= 4 is 12.4 Å². The van der Waals surface area contributed by atoms with Crippen LogP contribution in [0.2, 0.25) is 0 Å². The third-order valence-electron chi connectivity index (χ3n) is 4.69. The molecule has 1 saturated heterocycles. The maximum Gasteiger partial charge on any atom is 0.231 e. The fraction of sp³-hybridized carbons (Fsp3) is 0.368. The van der Waals surface area contributed by atoms with Crippen molar-refractivity contribution in [2.24, 2.45) is 0 Å². The molecule has 0 N–H and O–H groups in total. The van der Waals surface area contributed by atoms with E-state index in [0.29, 0.717) is 0 Å². The van der Waals surface area contributed by atoms with Gasteiger partial charge in [-0.1, -0.05) is 12.1 Å². The predicted molar refractivity (Wildman–Crippen MR) is 95.5 cm³/mol. The molecular formula is C19H21ClFNO3. The van der Waals surface area contributed by atoms with Crippen molar-refractivity contribution in [3.63, 3.8) is 0 Å². The molecule has 0 amide bonds. The van der Waals surface area contributed by atoms with Crippen molar-refractivity contribution in [1.82, 2.24) is 4.90 Å². The first kappa shape index (κ1) is 17.8. The second kappa shape index (κ2) is 7.50. The van der Waals surface area contributed by atoms with Gasteiger partial charge in [0.15, 0.2) is 11.5 Å². The molecule has 0 radical (unpaired) electrons. The number of ether oxygens (including phenoxy) is 3. The molecule has 2 aromatic rings. The summed E-state index contributed by atoms with van der Waals surface area (Å²) in [6, 6.07) is 12.4. The average molecular weight is 366 g/mol. The van der Waals surface area contributed by atoms with E-state index in [1.807, 2.05) is 30.3 Å². The molecule has 0 spiro atoms. The van der Waals surface area contributed by atoms with Crippen molar-refractivity contribution in [1.29, 1.82) is 0 Å². The second-order valence-electron chi connectivity index (χ2n) is 6.38. The zero-order valence-corrected chi connectivity index (χ0v) is 14.8. The number of nitrogens with zero attached hydrogens (tertiary/aromatic N) is 1. The number of piperidine rings is 1. The summed E-state index contributed by atoms with van der Waals surface area (Å²) in [5.41, 5.74) is 1.12. The lowest BCUT2D eigenvalue weighted by molar-refractivity contribution is 0.0828. The van der Waals surface area contributed by atoms with Gasteiger partial charge >= 0.3 is 0 Å². The normalized spacial score (nSPS) is 22.3. The lowest BCUT2D eigenvalue weighted by Crippen LogP contribution is -2.43. The van der Waals surface area contributed by atoms with Crippen LogP contribution in [0.15, 0.2) is 42.5 Å². The number of hydrogen-bond acceptors (Lipinski definition) is 4. The third-order valence-corrected chi connectivity index (χ3v) is 4.69. The van der Waals surface area contributed by atoms with Gasteiger partial charge < -0.3 is 19.1 Å². The van der Waals surface area contributed by atoms with Gasteiger partial charge in [-0.2, -0.15) is 0 Å². The van der Waals surface area contributed by atoms with Crippen molar-refractivity contribution in [2.45, 2.75) is 18.4 Å². The second-order valence-corrected chi connectivity index (χ2v) is 6.38. The molecule has 2 atom stereocenters. The Hall–Kier alpha value is -1.98. The minimum Gasteiger partial charge on any atom is -0.488 e. The molecule has 0 bridgehead atoms. The van der Waals surface area contributed by atoms with Crippen LogP contribution >= 0.6 is 12.4 Å². The standard InChI is InChI=1S/C19H20FNO3.ClH/c1-21-9-8-16(13-2-4-14(20)5-3-13)19(11-21)24-15-6-7-17-18(10-15)23-12-22-17;/h2-7,10,16,19H,8-9,11-12H2,1H3;1H. The van der Waals surface area contributed by atoms with Gasteiger partial charge in [0.05, 0.1) is 0 Å². The molecule has 2 unspecified atom stereocenters. The molecule has 1 fully saturated rings. The van der Waals surface area contributed by atoms with Gasteiger partial charge in [-0.15, -0.1) is 12.4 Å². The first-order valence-electron chi connectivity index (χ1n) is 8.19. The summed E-state index contributed by atoms with van der Waals surface area (Å²) in [6.07, 6.45) is 0.992. The summed E-state index contributed by atoms with van der Waals surface area (Å²) in [5, 5.41) is 0. The Morgan fingerprint density at radius 1 is 1.08 bits per heavy atom. The van der Waals surface area contributed by atoms with E-state index in [9.17, 15) is 4.39 Å². The molecule has 2 aromatic carbocycles. The fourth-order valence-corrected chi connectivity index (χ4v) is 3.41. The van der Waals surface area contributed by atoms with Crippen LogP contribution in [-0.4, -0.2) is 37.9 Å². The maximum atomic E-state index is 13.2. The van der Waals surface area contributed by atoms with Gasteiger partial charge in [0.2, 0.25) is 6.79 Å². The number of benzene rings is 2. The summed E-state index contributed by atoms with van der Waals surface area (Å²) in [6.45, 7) is 2.09. The van der Waals surface area contributed by atoms with E-state index in [0.717, 1.165) is 42.3 Å². The van der Waals surface area contributed by atoms with Gasteiger partial charge in [0.25, 0.3) is 0 Å². The Balaban J connectivity index is 0.00000182. The van der Waals surface area contributed by atoms with Crippen LogP contribution < -0.4 is 14.2 Å². The molecule has 25 heavy (non-hydrogen) atoms. The van der Waals surface area contributed by atoms with E-state index in [4.69, 9.17) is 14.2 Å². The highest BCUT2D eigenvalue weighted by Gasteiger charge is 2.31. The van der Waals surface area contributed by atoms with E-state index >= 15 is 0 Å². The molecule has 2 heterocycles. The molecule has 2 aliphatic rings. The van der Waals surface area contributed by atoms with E-state index in [-0.39, 0.29) is 37.0 Å². The summed E-state index contributed by atoms with van der Waals surface area (Å²) in [7, 11) is 2.09. The molecule has 0 aromatic heterocycles. The largest absolute Gasteiger partial charge is 0.488 e. The monoisotopic (exact) mass is 365 g/mol. The van der Waals surface area contributed by atoms with Crippen molar-refractivity contribution in [3.05, 3.63) is 53.8 Å². The van der Waals surface area contributed by atoms with E-state index in [1.165, 1.54) is 12.1 Å². The van der Waals surface area contributed by atoms with Gasteiger partial charge in [0.1, 0.15) is 17.7 Å². The van der Waals surface area contributed by atoms with Gasteiger partial charge in [-0.3, -0.25) is 0 Å². The number of likely N-dealkylation sites (N-methyl/N-ethyl adjacent to an activating group) is 1. The molecule has 6 heteroatoms. The van der Waals surface area contributed by atoms with Crippen LogP contribution in [-0.2, 0) is 0 Å². The third kappa shape index (κ3) is 3.83. The summed E-state index contributed by atoms with van der Waals surface area (Å²) >= 11 is 0. The Labute approximate surface area is 152 Å². The van der Waals surface area contributed by atoms with Crippen LogP contribution in [0.25, 0.3) is 0 Å². The zero-order valence-electron chi connectivity index (χ0n) is 14.0. The zero-order chi connectivity index (χ0) is 16.5. The van der Waals surface area contributed by atoms with Gasteiger partial charge in [-0.25, -0.2) is 4.39 Å². The quantitative estimate of drug-likeness (QED) is 0.826. The Morgan fingerprint density at radius 3 is 2.64 bits per heavy atom. The van der Waals surface area contributed by atoms with Crippen molar-refractivity contribution < 1.29 is 18.6 Å². The summed E-state index contributed by atoms with van der Waals surface area (Å²) < 4.78 is 30.3. The van der Waals surface area contributed by atoms with E-state index < -0.39 is 0 Å². The Morgan fingerprint density at radius 2 is 1.84 bits per heavy atom. The summed E-state index contributed by atoms with van der Waals surface area (Å²) in [4.78, 5) is 2.26. The van der Waals surface area contributed by atoms with E-state index in [2.05, 4.69) is 11.9 Å². The number of rotatable bonds is 3. The number of halogens is 2. The molecule has 0 aliphatic carbocycles. The molecule has 0 saturated carbocycles. The predicted octanol–water partition coefficient (Wildman–Crippen LogP) is 3.84. The number of likely N-dealkylation sites (tertiary alicyclic amines) is 1. The van der Waals surface area contributed by atoms with Crippen LogP contribution in [0.4, 0.5) is 4.39 Å². The van der Waals surface area contributed by atoms with Crippen molar-refractivity contribution in [2.75, 3.05) is 26.9 Å². The molecule has 2 aliphatic heterocycles. The SMILES string of the molecule is CN1CCC(c2ccc(F)cc2)C(Oc2ccc3c(c2)OCO3)C1.Cl. The van der Waals surface area contributed by atoms with Crippen LogP contribution in [0.1, 0.15) is 17.9 Å². The lowest BCUT2D eigenvalue weighted by atomic mass is 9.87. The Bertz CT molecular complexity index is 725. The Kier molecular flexibility index (Phi) is 5.35. The minimum atomic E-state index is -0.208. The minimum absolute atomic E-state index is 0. The number of fused-ring (bicyclic) bond motifs is 1. The van der Waals surface area contributed by atoms with Gasteiger partial charge in [-0.05, 0) is 49.8 Å². The maximum absolute atomic E-state index is 13.2. The van der Waals surface area contributed by atoms with Crippen LogP contribution in [0.3, 0.4) is 0 Å².